The molecule has 0 radical (unpaired) electrons. The zero-order valence-corrected chi connectivity index (χ0v) is 13.8. The number of amides is 2. The van der Waals surface area contributed by atoms with E-state index in [9.17, 15) is 9.59 Å². The third kappa shape index (κ3) is 4.14. The van der Waals surface area contributed by atoms with E-state index in [0.29, 0.717) is 17.0 Å². The first-order valence-electron chi connectivity index (χ1n) is 7.89. The fourth-order valence-electron chi connectivity index (χ4n) is 2.49. The maximum absolute atomic E-state index is 12.1. The molecule has 0 saturated heterocycles. The summed E-state index contributed by atoms with van der Waals surface area (Å²) in [6, 6.07) is 20.4. The second-order valence-electron chi connectivity index (χ2n) is 5.51. The maximum Gasteiger partial charge on any atom is 0.262 e. The largest absolute Gasteiger partial charge is 0.484 e. The van der Waals surface area contributed by atoms with Crippen molar-refractivity contribution < 1.29 is 14.3 Å². The van der Waals surface area contributed by atoms with Gasteiger partial charge in [-0.3, -0.25) is 9.59 Å². The number of benzene rings is 3. The molecule has 0 spiro atoms. The molecular weight excluding hydrogens is 316 g/mol. The molecule has 0 fully saturated rings. The summed E-state index contributed by atoms with van der Waals surface area (Å²) in [6.45, 7) is -0.109. The number of fused-ring (bicyclic) bond motifs is 1. The summed E-state index contributed by atoms with van der Waals surface area (Å²) in [5, 5.41) is 7.44. The Labute approximate surface area is 145 Å². The molecule has 3 aromatic carbocycles. The Bertz CT molecular complexity index is 921. The van der Waals surface area contributed by atoms with E-state index in [4.69, 9.17) is 4.74 Å². The van der Waals surface area contributed by atoms with Gasteiger partial charge in [0.25, 0.3) is 11.8 Å². The summed E-state index contributed by atoms with van der Waals surface area (Å²) >= 11 is 0. The van der Waals surface area contributed by atoms with Gasteiger partial charge in [0.1, 0.15) is 5.75 Å². The monoisotopic (exact) mass is 334 g/mol. The van der Waals surface area contributed by atoms with Crippen molar-refractivity contribution >= 4 is 28.3 Å². The zero-order chi connectivity index (χ0) is 17.6. The molecular formula is C20H18N2O3. The molecule has 2 amide bonds. The summed E-state index contributed by atoms with van der Waals surface area (Å²) < 4.78 is 5.56. The van der Waals surface area contributed by atoms with Crippen LogP contribution in [0, 0.1) is 0 Å². The predicted octanol–water partition coefficient (Wildman–Crippen LogP) is 3.22. The number of ether oxygens (including phenoxy) is 1. The lowest BCUT2D eigenvalue weighted by Crippen LogP contribution is -2.21. The molecule has 3 rings (SSSR count). The second kappa shape index (κ2) is 7.49. The van der Waals surface area contributed by atoms with Crippen molar-refractivity contribution in [2.24, 2.45) is 0 Å². The first-order chi connectivity index (χ1) is 12.2. The lowest BCUT2D eigenvalue weighted by Gasteiger charge is -2.09. The molecule has 0 aliphatic rings. The van der Waals surface area contributed by atoms with Gasteiger partial charge in [-0.25, -0.2) is 0 Å². The molecule has 3 aromatic rings. The number of carbonyl (C=O) groups excluding carboxylic acids is 2. The highest BCUT2D eigenvalue weighted by atomic mass is 16.5. The van der Waals surface area contributed by atoms with Crippen molar-refractivity contribution in [2.45, 2.75) is 0 Å². The van der Waals surface area contributed by atoms with E-state index in [1.54, 1.807) is 31.3 Å². The van der Waals surface area contributed by atoms with Crippen LogP contribution in [0.1, 0.15) is 10.4 Å². The second-order valence-corrected chi connectivity index (χ2v) is 5.51. The van der Waals surface area contributed by atoms with E-state index >= 15 is 0 Å². The van der Waals surface area contributed by atoms with Gasteiger partial charge in [-0.15, -0.1) is 0 Å². The number of hydrogen-bond acceptors (Lipinski definition) is 3. The van der Waals surface area contributed by atoms with Crippen LogP contribution < -0.4 is 15.4 Å². The van der Waals surface area contributed by atoms with Gasteiger partial charge in [-0.2, -0.15) is 0 Å². The third-order valence-electron chi connectivity index (χ3n) is 3.73. The van der Waals surface area contributed by atoms with E-state index in [1.165, 1.54) is 0 Å². The molecule has 0 aliphatic carbocycles. The van der Waals surface area contributed by atoms with Crippen LogP contribution in [0.2, 0.25) is 0 Å². The van der Waals surface area contributed by atoms with Crippen molar-refractivity contribution in [2.75, 3.05) is 19.0 Å². The van der Waals surface area contributed by atoms with Crippen LogP contribution in [0.15, 0.2) is 66.7 Å². The minimum Gasteiger partial charge on any atom is -0.484 e. The van der Waals surface area contributed by atoms with Crippen LogP contribution in [-0.4, -0.2) is 25.5 Å². The van der Waals surface area contributed by atoms with Crippen molar-refractivity contribution in [3.63, 3.8) is 0 Å². The molecule has 2 N–H and O–H groups in total. The Kier molecular flexibility index (Phi) is 4.95. The standard InChI is InChI=1S/C20H18N2O3/c1-21-20(24)16-7-4-8-17(11-16)22-19(23)13-25-18-10-9-14-5-2-3-6-15(14)12-18/h2-12H,13H2,1H3,(H,21,24)(H,22,23). The van der Waals surface area contributed by atoms with Gasteiger partial charge in [0, 0.05) is 18.3 Å². The maximum atomic E-state index is 12.1. The van der Waals surface area contributed by atoms with E-state index in [0.717, 1.165) is 10.8 Å². The fourth-order valence-corrected chi connectivity index (χ4v) is 2.49. The van der Waals surface area contributed by atoms with Gasteiger partial charge in [-0.05, 0) is 41.1 Å². The third-order valence-corrected chi connectivity index (χ3v) is 3.73. The van der Waals surface area contributed by atoms with Gasteiger partial charge in [0.05, 0.1) is 0 Å². The van der Waals surface area contributed by atoms with Gasteiger partial charge >= 0.3 is 0 Å². The molecule has 0 atom stereocenters. The number of nitrogens with one attached hydrogen (secondary N) is 2. The molecule has 0 aromatic heterocycles. The molecule has 5 nitrogen and oxygen atoms in total. The van der Waals surface area contributed by atoms with Crippen molar-refractivity contribution in [1.82, 2.24) is 5.32 Å². The topological polar surface area (TPSA) is 67.4 Å². The molecule has 126 valence electrons. The number of carbonyl (C=O) groups is 2. The highest BCUT2D eigenvalue weighted by Gasteiger charge is 2.07. The van der Waals surface area contributed by atoms with E-state index in [-0.39, 0.29) is 18.4 Å². The number of rotatable bonds is 5. The Morgan fingerprint density at radius 2 is 1.72 bits per heavy atom. The SMILES string of the molecule is CNC(=O)c1cccc(NC(=O)COc2ccc3ccccc3c2)c1. The highest BCUT2D eigenvalue weighted by molar-refractivity contribution is 5.97. The van der Waals surface area contributed by atoms with Crippen LogP contribution in [0.25, 0.3) is 10.8 Å². The average molecular weight is 334 g/mol. The average Bonchev–Trinajstić information content (AvgIpc) is 2.65. The summed E-state index contributed by atoms with van der Waals surface area (Å²) in [5.74, 6) is 0.138. The van der Waals surface area contributed by atoms with Gasteiger partial charge in [-0.1, -0.05) is 36.4 Å². The highest BCUT2D eigenvalue weighted by Crippen LogP contribution is 2.20. The van der Waals surface area contributed by atoms with Gasteiger partial charge in [0.15, 0.2) is 6.61 Å². The number of anilines is 1. The Balaban J connectivity index is 1.61. The summed E-state index contributed by atoms with van der Waals surface area (Å²) in [5.41, 5.74) is 1.03. The molecule has 5 heteroatoms. The lowest BCUT2D eigenvalue weighted by atomic mass is 10.1. The molecule has 0 aliphatic heterocycles. The van der Waals surface area contributed by atoms with Crippen molar-refractivity contribution in [3.8, 4) is 5.75 Å². The molecule has 0 unspecified atom stereocenters. The first-order valence-corrected chi connectivity index (χ1v) is 7.89. The van der Waals surface area contributed by atoms with E-state index in [2.05, 4.69) is 10.6 Å². The van der Waals surface area contributed by atoms with Crippen molar-refractivity contribution in [1.29, 1.82) is 0 Å². The Morgan fingerprint density at radius 1 is 0.920 bits per heavy atom. The van der Waals surface area contributed by atoms with Crippen LogP contribution in [0.3, 0.4) is 0 Å². The van der Waals surface area contributed by atoms with E-state index in [1.807, 2.05) is 42.5 Å². The normalized spacial score (nSPS) is 10.3. The van der Waals surface area contributed by atoms with Crippen molar-refractivity contribution in [3.05, 3.63) is 72.3 Å². The summed E-state index contributed by atoms with van der Waals surface area (Å²) in [4.78, 5) is 23.7. The van der Waals surface area contributed by atoms with Crippen LogP contribution in [0.4, 0.5) is 5.69 Å². The Hall–Kier alpha value is -3.34. The minimum absolute atomic E-state index is 0.109. The van der Waals surface area contributed by atoms with Gasteiger partial charge in [0.2, 0.25) is 0 Å². The van der Waals surface area contributed by atoms with Gasteiger partial charge < -0.3 is 15.4 Å². The first kappa shape index (κ1) is 16.5. The predicted molar refractivity (Wildman–Crippen MR) is 97.9 cm³/mol. The van der Waals surface area contributed by atoms with E-state index < -0.39 is 0 Å². The summed E-state index contributed by atoms with van der Waals surface area (Å²) in [6.07, 6.45) is 0. The van der Waals surface area contributed by atoms with Crippen LogP contribution in [-0.2, 0) is 4.79 Å². The van der Waals surface area contributed by atoms with Crippen LogP contribution >= 0.6 is 0 Å². The molecule has 0 bridgehead atoms. The quantitative estimate of drug-likeness (QED) is 0.753. The summed E-state index contributed by atoms with van der Waals surface area (Å²) in [7, 11) is 1.56. The fraction of sp³-hybridized carbons (Fsp3) is 0.100. The molecule has 0 saturated carbocycles. The molecule has 25 heavy (non-hydrogen) atoms. The zero-order valence-electron chi connectivity index (χ0n) is 13.8. The van der Waals surface area contributed by atoms with Crippen LogP contribution in [0.5, 0.6) is 5.75 Å². The Morgan fingerprint density at radius 3 is 2.52 bits per heavy atom. The lowest BCUT2D eigenvalue weighted by molar-refractivity contribution is -0.118. The smallest absolute Gasteiger partial charge is 0.262 e. The minimum atomic E-state index is -0.290. The number of hydrogen-bond donors (Lipinski definition) is 2. The molecule has 0 heterocycles.